The van der Waals surface area contributed by atoms with Crippen molar-refractivity contribution < 1.29 is 13.2 Å². The minimum absolute atomic E-state index is 0.0418. The maximum atomic E-state index is 12.5. The fourth-order valence-electron chi connectivity index (χ4n) is 2.53. The number of rotatable bonds is 6. The van der Waals surface area contributed by atoms with Gasteiger partial charge in [-0.25, -0.2) is 13.1 Å². The Morgan fingerprint density at radius 2 is 1.71 bits per heavy atom. The fraction of sp³-hybridized carbons (Fsp3) is 0.588. The molecule has 1 aliphatic rings. The molecule has 0 radical (unpaired) electrons. The Morgan fingerprint density at radius 1 is 1.12 bits per heavy atom. The monoisotopic (exact) mass is 353 g/mol. The normalized spacial score (nSPS) is 16.6. The van der Waals surface area contributed by atoms with Gasteiger partial charge in [-0.2, -0.15) is 0 Å². The molecule has 0 aliphatic carbocycles. The molecule has 0 spiro atoms. The first kappa shape index (κ1) is 18.9. The van der Waals surface area contributed by atoms with Crippen molar-refractivity contribution in [2.45, 2.75) is 25.2 Å². The van der Waals surface area contributed by atoms with Gasteiger partial charge in [-0.1, -0.05) is 13.8 Å². The second kappa shape index (κ2) is 8.09. The summed E-state index contributed by atoms with van der Waals surface area (Å²) in [5.41, 5.74) is 0.528. The van der Waals surface area contributed by atoms with E-state index >= 15 is 0 Å². The van der Waals surface area contributed by atoms with Gasteiger partial charge in [0.2, 0.25) is 10.0 Å². The minimum atomic E-state index is -3.51. The standard InChI is InChI=1S/C17H27N3O3S/c1-14(2)8-9-18-24(22,23)16-6-4-15(5-7-16)17(21)20-12-10-19(3)11-13-20/h4-7,14,18H,8-13H2,1-3H3. The molecule has 2 rings (SSSR count). The Morgan fingerprint density at radius 3 is 2.25 bits per heavy atom. The highest BCUT2D eigenvalue weighted by Crippen LogP contribution is 2.13. The Bertz CT molecular complexity index is 648. The van der Waals surface area contributed by atoms with Crippen molar-refractivity contribution >= 4 is 15.9 Å². The highest BCUT2D eigenvalue weighted by Gasteiger charge is 2.21. The zero-order valence-corrected chi connectivity index (χ0v) is 15.5. The van der Waals surface area contributed by atoms with Gasteiger partial charge >= 0.3 is 0 Å². The lowest BCUT2D eigenvalue weighted by Gasteiger charge is -2.32. The predicted octanol–water partition coefficient (Wildman–Crippen LogP) is 1.40. The first-order chi connectivity index (χ1) is 11.3. The molecule has 0 aromatic heterocycles. The van der Waals surface area contributed by atoms with Crippen LogP contribution in [0.15, 0.2) is 29.2 Å². The summed E-state index contributed by atoms with van der Waals surface area (Å²) in [6, 6.07) is 6.19. The van der Waals surface area contributed by atoms with Gasteiger partial charge in [-0.15, -0.1) is 0 Å². The number of hydrogen-bond acceptors (Lipinski definition) is 4. The summed E-state index contributed by atoms with van der Waals surface area (Å²) in [6.45, 7) is 7.64. The molecular weight excluding hydrogens is 326 g/mol. The zero-order chi connectivity index (χ0) is 17.7. The summed E-state index contributed by atoms with van der Waals surface area (Å²) in [4.78, 5) is 16.6. The predicted molar refractivity (Wildman–Crippen MR) is 94.5 cm³/mol. The van der Waals surface area contributed by atoms with E-state index in [0.717, 1.165) is 19.5 Å². The van der Waals surface area contributed by atoms with Gasteiger partial charge in [0, 0.05) is 38.3 Å². The summed E-state index contributed by atoms with van der Waals surface area (Å²) in [7, 11) is -1.48. The van der Waals surface area contributed by atoms with Gasteiger partial charge in [0.25, 0.3) is 5.91 Å². The van der Waals surface area contributed by atoms with Crippen LogP contribution in [0.25, 0.3) is 0 Å². The summed E-state index contributed by atoms with van der Waals surface area (Å²) < 4.78 is 27.0. The van der Waals surface area contributed by atoms with E-state index in [1.807, 2.05) is 25.8 Å². The second-order valence-electron chi connectivity index (χ2n) is 6.70. The van der Waals surface area contributed by atoms with Crippen molar-refractivity contribution in [3.05, 3.63) is 29.8 Å². The third kappa shape index (κ3) is 5.03. The number of amides is 1. The highest BCUT2D eigenvalue weighted by atomic mass is 32.2. The molecule has 1 aliphatic heterocycles. The fourth-order valence-corrected chi connectivity index (χ4v) is 3.58. The molecule has 6 nitrogen and oxygen atoms in total. The highest BCUT2D eigenvalue weighted by molar-refractivity contribution is 7.89. The number of nitrogens with zero attached hydrogens (tertiary/aromatic N) is 2. The quantitative estimate of drug-likeness (QED) is 0.839. The molecule has 0 bridgehead atoms. The molecule has 1 aromatic rings. The van der Waals surface area contributed by atoms with Crippen molar-refractivity contribution in [2.24, 2.45) is 5.92 Å². The number of carbonyl (C=O) groups excluding carboxylic acids is 1. The Labute approximate surface area is 144 Å². The van der Waals surface area contributed by atoms with Gasteiger partial charge < -0.3 is 9.80 Å². The third-order valence-corrected chi connectivity index (χ3v) is 5.69. The van der Waals surface area contributed by atoms with E-state index in [4.69, 9.17) is 0 Å². The molecular formula is C17H27N3O3S. The van der Waals surface area contributed by atoms with Crippen molar-refractivity contribution in [1.29, 1.82) is 0 Å². The minimum Gasteiger partial charge on any atom is -0.336 e. The smallest absolute Gasteiger partial charge is 0.253 e. The van der Waals surface area contributed by atoms with E-state index in [0.29, 0.717) is 31.1 Å². The number of likely N-dealkylation sites (N-methyl/N-ethyl adjacent to an activating group) is 1. The number of piperazine rings is 1. The Hall–Kier alpha value is -1.44. The third-order valence-electron chi connectivity index (χ3n) is 4.22. The van der Waals surface area contributed by atoms with E-state index in [2.05, 4.69) is 9.62 Å². The zero-order valence-electron chi connectivity index (χ0n) is 14.7. The lowest BCUT2D eigenvalue weighted by atomic mass is 10.1. The van der Waals surface area contributed by atoms with Gasteiger partial charge in [0.15, 0.2) is 0 Å². The van der Waals surface area contributed by atoms with Crippen molar-refractivity contribution in [1.82, 2.24) is 14.5 Å². The van der Waals surface area contributed by atoms with Crippen LogP contribution < -0.4 is 4.72 Å². The SMILES string of the molecule is CC(C)CCNS(=O)(=O)c1ccc(C(=O)N2CCN(C)CC2)cc1. The van der Waals surface area contributed by atoms with E-state index in [9.17, 15) is 13.2 Å². The largest absolute Gasteiger partial charge is 0.336 e. The van der Waals surface area contributed by atoms with Crippen molar-refractivity contribution in [3.8, 4) is 0 Å². The van der Waals surface area contributed by atoms with Crippen LogP contribution in [0.5, 0.6) is 0 Å². The first-order valence-corrected chi connectivity index (χ1v) is 9.85. The maximum Gasteiger partial charge on any atom is 0.253 e. The van der Waals surface area contributed by atoms with Crippen LogP contribution in [-0.4, -0.2) is 63.9 Å². The first-order valence-electron chi connectivity index (χ1n) is 8.37. The molecule has 0 atom stereocenters. The van der Waals surface area contributed by atoms with Crippen molar-refractivity contribution in [2.75, 3.05) is 39.8 Å². The average Bonchev–Trinajstić information content (AvgIpc) is 2.54. The van der Waals surface area contributed by atoms with Gasteiger partial charge in [-0.3, -0.25) is 4.79 Å². The molecule has 24 heavy (non-hydrogen) atoms. The Kier molecular flexibility index (Phi) is 6.37. The number of hydrogen-bond donors (Lipinski definition) is 1. The molecule has 1 N–H and O–H groups in total. The van der Waals surface area contributed by atoms with Gasteiger partial charge in [0.1, 0.15) is 0 Å². The molecule has 0 saturated carbocycles. The molecule has 1 amide bonds. The van der Waals surface area contributed by atoms with E-state index < -0.39 is 10.0 Å². The lowest BCUT2D eigenvalue weighted by molar-refractivity contribution is 0.0664. The van der Waals surface area contributed by atoms with Crippen molar-refractivity contribution in [3.63, 3.8) is 0 Å². The molecule has 1 heterocycles. The van der Waals surface area contributed by atoms with Crippen LogP contribution in [0.1, 0.15) is 30.6 Å². The Balaban J connectivity index is 2.00. The topological polar surface area (TPSA) is 69.7 Å². The second-order valence-corrected chi connectivity index (χ2v) is 8.47. The van der Waals surface area contributed by atoms with Crippen LogP contribution in [0.2, 0.25) is 0 Å². The molecule has 134 valence electrons. The maximum absolute atomic E-state index is 12.5. The van der Waals surface area contributed by atoms with Crippen LogP contribution in [0.3, 0.4) is 0 Å². The molecule has 1 saturated heterocycles. The molecule has 1 fully saturated rings. The summed E-state index contributed by atoms with van der Waals surface area (Å²) in [5, 5.41) is 0. The van der Waals surface area contributed by atoms with Crippen LogP contribution in [-0.2, 0) is 10.0 Å². The van der Waals surface area contributed by atoms with E-state index in [1.165, 1.54) is 12.1 Å². The summed E-state index contributed by atoms with van der Waals surface area (Å²) >= 11 is 0. The average molecular weight is 353 g/mol. The number of benzene rings is 1. The van der Waals surface area contributed by atoms with E-state index in [-0.39, 0.29) is 10.8 Å². The molecule has 0 unspecified atom stereocenters. The summed E-state index contributed by atoms with van der Waals surface area (Å²) in [6.07, 6.45) is 0.791. The summed E-state index contributed by atoms with van der Waals surface area (Å²) in [5.74, 6) is 0.399. The lowest BCUT2D eigenvalue weighted by Crippen LogP contribution is -2.47. The number of carbonyl (C=O) groups is 1. The number of nitrogens with one attached hydrogen (secondary N) is 1. The van der Waals surface area contributed by atoms with Gasteiger partial charge in [-0.05, 0) is 43.7 Å². The van der Waals surface area contributed by atoms with Crippen LogP contribution in [0.4, 0.5) is 0 Å². The molecule has 1 aromatic carbocycles. The van der Waals surface area contributed by atoms with Gasteiger partial charge in [0.05, 0.1) is 4.90 Å². The molecule has 7 heteroatoms. The van der Waals surface area contributed by atoms with E-state index in [1.54, 1.807) is 12.1 Å². The van der Waals surface area contributed by atoms with Crippen LogP contribution >= 0.6 is 0 Å². The van der Waals surface area contributed by atoms with Crippen LogP contribution in [0, 0.1) is 5.92 Å². The number of sulfonamides is 1.